The van der Waals surface area contributed by atoms with Crippen LogP contribution in [-0.2, 0) is 54.1 Å². The zero-order valence-corrected chi connectivity index (χ0v) is 86.6. The molecule has 138 heavy (non-hydrogen) atoms. The van der Waals surface area contributed by atoms with Gasteiger partial charge >= 0.3 is 0 Å². The minimum Gasteiger partial charge on any atom is -0.0619 e. The molecule has 17 aromatic rings. The van der Waals surface area contributed by atoms with Gasteiger partial charge < -0.3 is 0 Å². The lowest BCUT2D eigenvalue weighted by Gasteiger charge is -2.36. The molecule has 0 heterocycles. The Bertz CT molecular complexity index is 6460. The van der Waals surface area contributed by atoms with E-state index in [0.29, 0.717) is 0 Å². The molecule has 19 rings (SSSR count). The van der Waals surface area contributed by atoms with Gasteiger partial charge in [0.15, 0.2) is 0 Å². The predicted octanol–water partition coefficient (Wildman–Crippen LogP) is 38.7. The van der Waals surface area contributed by atoms with Crippen molar-refractivity contribution in [1.82, 2.24) is 0 Å². The van der Waals surface area contributed by atoms with Crippen molar-refractivity contribution in [3.8, 4) is 156 Å². The summed E-state index contributed by atoms with van der Waals surface area (Å²) >= 11 is 0. The topological polar surface area (TPSA) is 0 Å². The summed E-state index contributed by atoms with van der Waals surface area (Å²) < 4.78 is 0. The van der Waals surface area contributed by atoms with Crippen LogP contribution in [0.15, 0.2) is 364 Å². The molecule has 690 valence electrons. The van der Waals surface area contributed by atoms with Gasteiger partial charge in [0.2, 0.25) is 0 Å². The van der Waals surface area contributed by atoms with Gasteiger partial charge in [-0.05, 0) is 386 Å². The summed E-state index contributed by atoms with van der Waals surface area (Å²) in [6, 6.07) is 145. The smallest absolute Gasteiger partial charge is 0.0619 e. The maximum Gasteiger partial charge on any atom is 0.0714 e. The molecule has 0 nitrogen and oxygen atoms in total. The maximum atomic E-state index is 2.64. The quantitative estimate of drug-likeness (QED) is 0.102. The van der Waals surface area contributed by atoms with Crippen molar-refractivity contribution in [2.75, 3.05) is 0 Å². The van der Waals surface area contributed by atoms with E-state index in [1.807, 2.05) is 0 Å². The lowest BCUT2D eigenvalue weighted by molar-refractivity contribution is 0.590. The van der Waals surface area contributed by atoms with Gasteiger partial charge in [0.1, 0.15) is 0 Å². The van der Waals surface area contributed by atoms with Gasteiger partial charge in [0.25, 0.3) is 0 Å². The van der Waals surface area contributed by atoms with Crippen LogP contribution in [0.2, 0.25) is 0 Å². The van der Waals surface area contributed by atoms with Crippen LogP contribution in [0, 0.1) is 0 Å². The first-order valence-electron chi connectivity index (χ1n) is 50.3. The molecular weight excluding hydrogens is 1660 g/mol. The van der Waals surface area contributed by atoms with Crippen molar-refractivity contribution >= 4 is 0 Å². The van der Waals surface area contributed by atoms with E-state index in [4.69, 9.17) is 0 Å². The highest BCUT2D eigenvalue weighted by atomic mass is 14.5. The van der Waals surface area contributed by atoms with Crippen LogP contribution in [0.4, 0.5) is 0 Å². The molecule has 0 spiro atoms. The minimum atomic E-state index is -1.06. The third-order valence-corrected chi connectivity index (χ3v) is 30.2. The second kappa shape index (κ2) is 34.4. The first-order valence-corrected chi connectivity index (χ1v) is 50.3. The molecule has 0 unspecified atom stereocenters. The van der Waals surface area contributed by atoms with E-state index < -0.39 is 5.41 Å². The summed E-state index contributed by atoms with van der Waals surface area (Å²) in [7, 11) is 0. The van der Waals surface area contributed by atoms with E-state index in [-0.39, 0.29) is 48.7 Å². The van der Waals surface area contributed by atoms with Gasteiger partial charge in [-0.1, -0.05) is 435 Å². The molecule has 0 bridgehead atoms. The lowest BCUT2D eigenvalue weighted by Crippen LogP contribution is -2.29. The molecule has 0 fully saturated rings. The van der Waals surface area contributed by atoms with E-state index in [2.05, 4.69) is 544 Å². The Hall–Kier alpha value is -13.3. The van der Waals surface area contributed by atoms with Crippen molar-refractivity contribution in [2.24, 2.45) is 0 Å². The standard InChI is InChI=1S/C138H138/c1-129(2,3)111-51-35-87(36-52-111)95-69-96(88-37-53-112(54-38-88)130(4,5)6)74-103(73-95)107-81-108(104-75-97(89-39-55-113(56-40-89)131(7,8)9)70-98(76-104)90-41-57-114(58-42-90)132(10,11)12)84-119(83-107)138(124-34-30-28-32-122(124)128-126(138)68-67-125-127(128)121-31-27-29-33-123(121)137(125,25)26)120-85-109(105-77-99(91-43-59-115(60-44-91)133(13,14)15)71-100(78-105)92-45-61-116(62-46-92)134(16,17)18)82-110(86-120)106-79-101(93-47-63-117(64-48-93)135(19,20)21)72-102(80-106)94-49-65-118(66-50-94)136(22,23)24/h27-86H,1-26H3. The van der Waals surface area contributed by atoms with E-state index in [1.54, 1.807) is 0 Å². The average molecular weight is 1800 g/mol. The van der Waals surface area contributed by atoms with Gasteiger partial charge in [-0.2, -0.15) is 0 Å². The van der Waals surface area contributed by atoms with E-state index >= 15 is 0 Å². The summed E-state index contributed by atoms with van der Waals surface area (Å²) in [5.41, 5.74) is 49.0. The first-order chi connectivity index (χ1) is 65.1. The molecule has 0 atom stereocenters. The Morgan fingerprint density at radius 2 is 0.290 bits per heavy atom. The first kappa shape index (κ1) is 93.7. The van der Waals surface area contributed by atoms with Crippen LogP contribution in [-0.4, -0.2) is 0 Å². The van der Waals surface area contributed by atoms with Crippen LogP contribution < -0.4 is 0 Å². The molecule has 0 N–H and O–H groups in total. The maximum absolute atomic E-state index is 2.64. The second-order valence-electron chi connectivity index (χ2n) is 48.8. The van der Waals surface area contributed by atoms with Crippen LogP contribution in [0.5, 0.6) is 0 Å². The molecule has 17 aromatic carbocycles. The molecule has 0 aromatic heterocycles. The van der Waals surface area contributed by atoms with Crippen LogP contribution in [0.3, 0.4) is 0 Å². The molecule has 0 saturated carbocycles. The Balaban J connectivity index is 0.987. The van der Waals surface area contributed by atoms with Crippen molar-refractivity contribution < 1.29 is 0 Å². The average Bonchev–Trinajstić information content (AvgIpc) is 1.51. The molecule has 0 radical (unpaired) electrons. The van der Waals surface area contributed by atoms with Crippen LogP contribution >= 0.6 is 0 Å². The van der Waals surface area contributed by atoms with Gasteiger partial charge in [-0.15, -0.1) is 0 Å². The molecule has 0 aliphatic heterocycles. The molecule has 0 amide bonds. The number of hydrogen-bond donors (Lipinski definition) is 0. The Labute approximate surface area is 825 Å². The van der Waals surface area contributed by atoms with Crippen molar-refractivity contribution in [1.29, 1.82) is 0 Å². The highest BCUT2D eigenvalue weighted by molar-refractivity contribution is 6.02. The highest BCUT2D eigenvalue weighted by Crippen LogP contribution is 2.64. The molecule has 0 heteroatoms. The fourth-order valence-corrected chi connectivity index (χ4v) is 21.5. The zero-order valence-electron chi connectivity index (χ0n) is 86.6. The summed E-state index contributed by atoms with van der Waals surface area (Å²) in [6.45, 7) is 60.5. The molecular formula is C138H138. The fourth-order valence-electron chi connectivity index (χ4n) is 21.5. The predicted molar refractivity (Wildman–Crippen MR) is 596 cm³/mol. The van der Waals surface area contributed by atoms with Gasteiger partial charge in [0.05, 0.1) is 5.41 Å². The van der Waals surface area contributed by atoms with Gasteiger partial charge in [-0.3, -0.25) is 0 Å². The van der Waals surface area contributed by atoms with E-state index in [0.717, 1.165) is 89.0 Å². The van der Waals surface area contributed by atoms with Gasteiger partial charge in [-0.25, -0.2) is 0 Å². The Kier molecular flexibility index (Phi) is 23.4. The lowest BCUT2D eigenvalue weighted by atomic mass is 9.65. The fraction of sp³-hybridized carbons (Fsp3) is 0.261. The van der Waals surface area contributed by atoms with Crippen molar-refractivity contribution in [3.05, 3.63) is 442 Å². The summed E-state index contributed by atoms with van der Waals surface area (Å²) in [5.74, 6) is 0. The number of benzene rings is 17. The third-order valence-electron chi connectivity index (χ3n) is 30.2. The summed E-state index contributed by atoms with van der Waals surface area (Å²) in [4.78, 5) is 0. The largest absolute Gasteiger partial charge is 0.0714 e. The van der Waals surface area contributed by atoms with Crippen molar-refractivity contribution in [2.45, 2.75) is 234 Å². The highest BCUT2D eigenvalue weighted by Gasteiger charge is 2.51. The molecule has 0 saturated heterocycles. The monoisotopic (exact) mass is 1800 g/mol. The van der Waals surface area contributed by atoms with E-state index in [9.17, 15) is 0 Å². The SMILES string of the molecule is CC(C)(C)c1ccc(-c2cc(-c3ccc(C(C)(C)C)cc3)cc(-c3cc(-c4cc(-c5ccc(C(C)(C)C)cc5)cc(-c5ccc(C(C)(C)C)cc5)c4)cc(C4(c5cc(-c6cc(-c7ccc(C(C)(C)C)cc7)cc(-c7ccc(C(C)(C)C)cc7)c6)cc(-c6cc(-c7ccc(C(C)(C)C)cc7)cc(-c7ccc(C(C)(C)C)cc7)c6)c5)c5ccccc5-c5c4ccc4c5-c5ccccc5C4(C)C)c3)c2)cc1. The summed E-state index contributed by atoms with van der Waals surface area (Å²) in [5, 5.41) is 0. The number of hydrogen-bond acceptors (Lipinski definition) is 0. The van der Waals surface area contributed by atoms with Crippen molar-refractivity contribution in [3.63, 3.8) is 0 Å². The molecule has 2 aliphatic carbocycles. The zero-order chi connectivity index (χ0) is 97.7. The Morgan fingerprint density at radius 1 is 0.138 bits per heavy atom. The minimum absolute atomic E-state index is 0.0386. The Morgan fingerprint density at radius 3 is 0.486 bits per heavy atom. The molecule has 2 aliphatic rings. The second-order valence-corrected chi connectivity index (χ2v) is 48.8. The number of fused-ring (bicyclic) bond motifs is 7. The third kappa shape index (κ3) is 18.0. The summed E-state index contributed by atoms with van der Waals surface area (Å²) in [6.07, 6.45) is 0. The van der Waals surface area contributed by atoms with Gasteiger partial charge in [0, 0.05) is 5.41 Å². The normalized spacial score (nSPS) is 13.7. The van der Waals surface area contributed by atoms with Crippen LogP contribution in [0.1, 0.15) is 258 Å². The number of rotatable bonds is 14. The van der Waals surface area contributed by atoms with Crippen LogP contribution in [0.25, 0.3) is 156 Å². The van der Waals surface area contributed by atoms with E-state index in [1.165, 1.54) is 145 Å².